The molecule has 0 atom stereocenters. The van der Waals surface area contributed by atoms with Crippen LogP contribution in [0.4, 0.5) is 5.69 Å². The van der Waals surface area contributed by atoms with Gasteiger partial charge in [0.25, 0.3) is 5.89 Å². The van der Waals surface area contributed by atoms with Gasteiger partial charge in [0.1, 0.15) is 5.56 Å². The summed E-state index contributed by atoms with van der Waals surface area (Å²) >= 11 is 0. The summed E-state index contributed by atoms with van der Waals surface area (Å²) in [7, 11) is 0. The van der Waals surface area contributed by atoms with Gasteiger partial charge in [0.2, 0.25) is 11.6 Å². The lowest BCUT2D eigenvalue weighted by Crippen LogP contribution is -2.06. The Hall–Kier alpha value is -2.97. The zero-order chi connectivity index (χ0) is 14.7. The summed E-state index contributed by atoms with van der Waals surface area (Å²) in [5.41, 5.74) is -0.753. The number of hydrogen-bond acceptors (Lipinski definition) is 7. The van der Waals surface area contributed by atoms with Crippen LogP contribution < -0.4 is 4.74 Å². The van der Waals surface area contributed by atoms with Crippen molar-refractivity contribution in [2.75, 3.05) is 0 Å². The normalized spacial score (nSPS) is 10.2. The van der Waals surface area contributed by atoms with Gasteiger partial charge in [-0.05, 0) is 6.07 Å². The van der Waals surface area contributed by atoms with Crippen LogP contribution in [0.5, 0.6) is 5.75 Å². The molecule has 0 spiro atoms. The lowest BCUT2D eigenvalue weighted by atomic mass is 10.2. The van der Waals surface area contributed by atoms with Crippen molar-refractivity contribution in [3.63, 3.8) is 0 Å². The van der Waals surface area contributed by atoms with Gasteiger partial charge in [-0.1, -0.05) is 6.07 Å². The Morgan fingerprint density at radius 3 is 2.80 bits per heavy atom. The number of rotatable bonds is 5. The van der Waals surface area contributed by atoms with Crippen molar-refractivity contribution in [2.24, 2.45) is 0 Å². The number of carbonyl (C=O) groups is 1. The molecule has 1 heterocycles. The van der Waals surface area contributed by atoms with Crippen LogP contribution in [0.15, 0.2) is 22.6 Å². The fraction of sp³-hybridized carbons (Fsp3) is 0.182. The van der Waals surface area contributed by atoms with E-state index in [1.807, 2.05) is 0 Å². The summed E-state index contributed by atoms with van der Waals surface area (Å²) in [6, 6.07) is 3.63. The minimum atomic E-state index is -1.33. The molecule has 2 aromatic rings. The number of benzene rings is 1. The first-order chi connectivity index (χ1) is 9.49. The highest BCUT2D eigenvalue weighted by molar-refractivity contribution is 5.92. The molecule has 0 saturated carbocycles. The van der Waals surface area contributed by atoms with Crippen molar-refractivity contribution in [1.82, 2.24) is 10.2 Å². The van der Waals surface area contributed by atoms with Crippen molar-refractivity contribution in [2.45, 2.75) is 13.5 Å². The first-order valence-corrected chi connectivity index (χ1v) is 5.41. The molecule has 104 valence electrons. The Morgan fingerprint density at radius 1 is 1.50 bits per heavy atom. The number of carboxylic acids is 1. The number of aromatic nitrogens is 2. The molecular formula is C11H9N3O6. The van der Waals surface area contributed by atoms with Crippen LogP contribution in [0.1, 0.15) is 22.1 Å². The molecule has 0 unspecified atom stereocenters. The first kappa shape index (κ1) is 13.5. The minimum absolute atomic E-state index is 0.0944. The van der Waals surface area contributed by atoms with E-state index < -0.39 is 16.6 Å². The van der Waals surface area contributed by atoms with Crippen molar-refractivity contribution in [3.8, 4) is 5.75 Å². The Morgan fingerprint density at radius 2 is 2.25 bits per heavy atom. The van der Waals surface area contributed by atoms with Gasteiger partial charge in [-0.2, -0.15) is 0 Å². The largest absolute Gasteiger partial charge is 0.478 e. The average molecular weight is 279 g/mol. The molecule has 9 nitrogen and oxygen atoms in total. The second-order valence-electron chi connectivity index (χ2n) is 3.72. The second kappa shape index (κ2) is 5.34. The van der Waals surface area contributed by atoms with Gasteiger partial charge >= 0.3 is 11.7 Å². The minimum Gasteiger partial charge on any atom is -0.478 e. The summed E-state index contributed by atoms with van der Waals surface area (Å²) in [4.78, 5) is 21.2. The number of nitro groups is 1. The molecule has 0 aliphatic rings. The predicted molar refractivity (Wildman–Crippen MR) is 63.4 cm³/mol. The number of carboxylic acid groups (broad SMARTS) is 1. The fourth-order valence-corrected chi connectivity index (χ4v) is 1.52. The molecule has 1 N–H and O–H groups in total. The van der Waals surface area contributed by atoms with Crippen LogP contribution in [0.25, 0.3) is 0 Å². The lowest BCUT2D eigenvalue weighted by molar-refractivity contribution is -0.386. The Bertz CT molecular complexity index is 634. The predicted octanol–water partition coefficient (Wildman–Crippen LogP) is 1.56. The lowest BCUT2D eigenvalue weighted by Gasteiger charge is -2.07. The number of nitrogens with zero attached hydrogens (tertiary/aromatic N) is 3. The van der Waals surface area contributed by atoms with Crippen LogP contribution >= 0.6 is 0 Å². The van der Waals surface area contributed by atoms with E-state index >= 15 is 0 Å². The van der Waals surface area contributed by atoms with Crippen molar-refractivity contribution in [1.29, 1.82) is 0 Å². The van der Waals surface area contributed by atoms with E-state index in [0.717, 1.165) is 6.07 Å². The molecule has 0 bridgehead atoms. The molecule has 20 heavy (non-hydrogen) atoms. The highest BCUT2D eigenvalue weighted by atomic mass is 16.6. The van der Waals surface area contributed by atoms with Crippen molar-refractivity contribution in [3.05, 3.63) is 45.7 Å². The molecule has 0 fully saturated rings. The smallest absolute Gasteiger partial charge is 0.339 e. The van der Waals surface area contributed by atoms with Crippen LogP contribution in [0.2, 0.25) is 0 Å². The van der Waals surface area contributed by atoms with Crippen LogP contribution in [0.3, 0.4) is 0 Å². The highest BCUT2D eigenvalue weighted by Gasteiger charge is 2.23. The van der Waals surface area contributed by atoms with Gasteiger partial charge in [0.15, 0.2) is 6.61 Å². The van der Waals surface area contributed by atoms with E-state index in [0.29, 0.717) is 5.89 Å². The topological polar surface area (TPSA) is 129 Å². The molecule has 1 aromatic heterocycles. The third-order valence-electron chi connectivity index (χ3n) is 2.33. The molecular weight excluding hydrogens is 270 g/mol. The van der Waals surface area contributed by atoms with Crippen molar-refractivity contribution >= 4 is 11.7 Å². The van der Waals surface area contributed by atoms with E-state index in [-0.39, 0.29) is 23.8 Å². The quantitative estimate of drug-likeness (QED) is 0.644. The zero-order valence-electron chi connectivity index (χ0n) is 10.3. The van der Waals surface area contributed by atoms with Gasteiger partial charge in [0, 0.05) is 13.0 Å². The molecule has 0 aliphatic carbocycles. The number of ether oxygens (including phenoxy) is 1. The summed E-state index contributed by atoms with van der Waals surface area (Å²) in [6.07, 6.45) is 0. The Kier molecular flexibility index (Phi) is 3.60. The molecule has 0 aliphatic heterocycles. The zero-order valence-corrected chi connectivity index (χ0v) is 10.3. The fourth-order valence-electron chi connectivity index (χ4n) is 1.52. The Balaban J connectivity index is 2.32. The van der Waals surface area contributed by atoms with Gasteiger partial charge < -0.3 is 14.3 Å². The SMILES string of the molecule is Cc1nnc(COc2c(C(=O)O)cccc2[N+](=O)[O-])o1. The van der Waals surface area contributed by atoms with Gasteiger partial charge in [-0.25, -0.2) is 4.79 Å². The molecule has 9 heteroatoms. The monoisotopic (exact) mass is 279 g/mol. The highest BCUT2D eigenvalue weighted by Crippen LogP contribution is 2.31. The second-order valence-corrected chi connectivity index (χ2v) is 3.72. The molecule has 0 amide bonds. The van der Waals surface area contributed by atoms with Crippen LogP contribution in [-0.4, -0.2) is 26.2 Å². The average Bonchev–Trinajstić information content (AvgIpc) is 2.81. The van der Waals surface area contributed by atoms with E-state index in [1.165, 1.54) is 12.1 Å². The van der Waals surface area contributed by atoms with E-state index in [4.69, 9.17) is 14.3 Å². The number of nitro benzene ring substituents is 1. The third kappa shape index (κ3) is 2.71. The van der Waals surface area contributed by atoms with Crippen molar-refractivity contribution < 1.29 is 24.0 Å². The van der Waals surface area contributed by atoms with Gasteiger partial charge in [-0.3, -0.25) is 10.1 Å². The van der Waals surface area contributed by atoms with E-state index in [1.54, 1.807) is 6.92 Å². The summed E-state index contributed by atoms with van der Waals surface area (Å²) < 4.78 is 10.2. The van der Waals surface area contributed by atoms with Crippen LogP contribution in [-0.2, 0) is 6.61 Å². The Labute approximate surface area is 112 Å². The summed E-state index contributed by atoms with van der Waals surface area (Å²) in [5.74, 6) is -1.27. The van der Waals surface area contributed by atoms with E-state index in [9.17, 15) is 14.9 Å². The number of hydrogen-bond donors (Lipinski definition) is 1. The summed E-state index contributed by atoms with van der Waals surface area (Å²) in [5, 5.41) is 27.1. The molecule has 0 radical (unpaired) electrons. The third-order valence-corrected chi connectivity index (χ3v) is 2.33. The maximum Gasteiger partial charge on any atom is 0.339 e. The van der Waals surface area contributed by atoms with Gasteiger partial charge in [-0.15, -0.1) is 10.2 Å². The first-order valence-electron chi connectivity index (χ1n) is 5.41. The standard InChI is InChI=1S/C11H9N3O6/c1-6-12-13-9(20-6)5-19-10-7(11(15)16)3-2-4-8(10)14(17)18/h2-4H,5H2,1H3,(H,15,16). The number of aryl methyl sites for hydroxylation is 1. The molecule has 1 aromatic carbocycles. The maximum atomic E-state index is 11.1. The molecule has 0 saturated heterocycles. The maximum absolute atomic E-state index is 11.1. The molecule has 2 rings (SSSR count). The summed E-state index contributed by atoms with van der Waals surface area (Å²) in [6.45, 7) is 1.32. The number of para-hydroxylation sites is 1. The number of aromatic carboxylic acids is 1. The van der Waals surface area contributed by atoms with Crippen LogP contribution in [0, 0.1) is 17.0 Å². The van der Waals surface area contributed by atoms with Gasteiger partial charge in [0.05, 0.1) is 4.92 Å². The van der Waals surface area contributed by atoms with E-state index in [2.05, 4.69) is 10.2 Å².